The van der Waals surface area contributed by atoms with E-state index in [1.165, 1.54) is 23.1 Å². The smallest absolute Gasteiger partial charge is 0.249 e. The van der Waals surface area contributed by atoms with Crippen molar-refractivity contribution in [3.63, 3.8) is 0 Å². The quantitative estimate of drug-likeness (QED) is 0.420. The Morgan fingerprint density at radius 1 is 1.10 bits per heavy atom. The Bertz CT molecular complexity index is 1010. The lowest BCUT2D eigenvalue weighted by atomic mass is 9.98. The Kier molecular flexibility index (Phi) is 8.45. The third-order valence-corrected chi connectivity index (χ3v) is 6.82. The monoisotopic (exact) mass is 474 g/mol. The highest BCUT2D eigenvalue weighted by Gasteiger charge is 2.27. The highest BCUT2D eigenvalue weighted by Crippen LogP contribution is 2.27. The minimum Gasteiger partial charge on any atom is -0.343 e. The van der Waals surface area contributed by atoms with E-state index in [1.807, 2.05) is 56.3 Å². The van der Waals surface area contributed by atoms with Gasteiger partial charge in [-0.2, -0.15) is 0 Å². The summed E-state index contributed by atoms with van der Waals surface area (Å²) in [4.78, 5) is 26.4. The molecular weight excluding hydrogens is 452 g/mol. The van der Waals surface area contributed by atoms with Crippen molar-refractivity contribution in [1.29, 1.82) is 0 Å². The van der Waals surface area contributed by atoms with Crippen LogP contribution in [-0.4, -0.2) is 33.8 Å². The predicted octanol–water partition coefficient (Wildman–Crippen LogP) is 5.12. The van der Waals surface area contributed by atoms with Crippen molar-refractivity contribution in [2.75, 3.05) is 11.1 Å². The van der Waals surface area contributed by atoms with E-state index in [1.54, 1.807) is 12.1 Å². The zero-order chi connectivity index (χ0) is 22.2. The van der Waals surface area contributed by atoms with Crippen molar-refractivity contribution in [3.05, 3.63) is 59.6 Å². The number of amides is 2. The van der Waals surface area contributed by atoms with Crippen LogP contribution in [0.2, 0.25) is 5.02 Å². The normalized spacial score (nSPS) is 12.7. The van der Waals surface area contributed by atoms with Gasteiger partial charge < -0.3 is 5.32 Å². The summed E-state index contributed by atoms with van der Waals surface area (Å²) in [7, 11) is 0. The average Bonchev–Trinajstić information content (AvgIpc) is 3.25. The maximum Gasteiger partial charge on any atom is 0.249 e. The van der Waals surface area contributed by atoms with Crippen LogP contribution in [-0.2, 0) is 9.59 Å². The van der Waals surface area contributed by atoms with E-state index in [4.69, 9.17) is 11.6 Å². The van der Waals surface area contributed by atoms with Gasteiger partial charge >= 0.3 is 0 Å². The Morgan fingerprint density at radius 3 is 2.48 bits per heavy atom. The molecule has 0 aliphatic heterocycles. The van der Waals surface area contributed by atoms with E-state index in [2.05, 4.69) is 20.8 Å². The average molecular weight is 475 g/mol. The van der Waals surface area contributed by atoms with Crippen molar-refractivity contribution < 1.29 is 9.59 Å². The number of anilines is 1. The molecular formula is C22H23ClN4O2S2. The van der Waals surface area contributed by atoms with E-state index < -0.39 is 6.04 Å². The van der Waals surface area contributed by atoms with Gasteiger partial charge in [0.25, 0.3) is 0 Å². The molecule has 0 spiro atoms. The van der Waals surface area contributed by atoms with Crippen molar-refractivity contribution >= 4 is 51.6 Å². The summed E-state index contributed by atoms with van der Waals surface area (Å²) in [5, 5.41) is 15.6. The van der Waals surface area contributed by atoms with Crippen LogP contribution in [0.3, 0.4) is 0 Å². The third kappa shape index (κ3) is 6.78. The van der Waals surface area contributed by atoms with E-state index in [0.717, 1.165) is 16.9 Å². The second kappa shape index (κ2) is 11.3. The Morgan fingerprint density at radius 2 is 1.81 bits per heavy atom. The van der Waals surface area contributed by atoms with Crippen LogP contribution in [0.4, 0.5) is 5.13 Å². The first-order valence-corrected chi connectivity index (χ1v) is 12.0. The van der Waals surface area contributed by atoms with Gasteiger partial charge in [0.1, 0.15) is 11.0 Å². The van der Waals surface area contributed by atoms with Crippen LogP contribution in [0.25, 0.3) is 10.6 Å². The molecule has 0 saturated carbocycles. The second-order valence-corrected chi connectivity index (χ2v) is 9.40. The summed E-state index contributed by atoms with van der Waals surface area (Å²) in [5.41, 5.74) is 0.868. The molecule has 1 aromatic heterocycles. The number of benzene rings is 2. The van der Waals surface area contributed by atoms with E-state index in [9.17, 15) is 9.59 Å². The second-order valence-electron chi connectivity index (χ2n) is 6.94. The van der Waals surface area contributed by atoms with Crippen LogP contribution in [0.15, 0.2) is 59.5 Å². The van der Waals surface area contributed by atoms with Crippen molar-refractivity contribution in [3.8, 4) is 10.6 Å². The molecule has 0 aliphatic rings. The number of nitrogens with zero attached hydrogens (tertiary/aromatic N) is 2. The number of hydrogen-bond acceptors (Lipinski definition) is 6. The largest absolute Gasteiger partial charge is 0.343 e. The molecule has 0 saturated heterocycles. The number of halogens is 1. The minimum absolute atomic E-state index is 0.0330. The molecule has 3 aromatic rings. The number of carbonyl (C=O) groups excluding carboxylic acids is 2. The Hall–Kier alpha value is -2.42. The molecule has 0 bridgehead atoms. The number of carbonyl (C=O) groups is 2. The van der Waals surface area contributed by atoms with E-state index >= 15 is 0 Å². The van der Waals surface area contributed by atoms with Gasteiger partial charge in [-0.3, -0.25) is 14.9 Å². The summed E-state index contributed by atoms with van der Waals surface area (Å²) in [6.45, 7) is 3.92. The molecule has 162 valence electrons. The lowest BCUT2D eigenvalue weighted by Gasteiger charge is -2.22. The Balaban J connectivity index is 1.62. The molecule has 2 atom stereocenters. The van der Waals surface area contributed by atoms with Crippen molar-refractivity contribution in [2.45, 2.75) is 31.2 Å². The number of rotatable bonds is 9. The van der Waals surface area contributed by atoms with Gasteiger partial charge in [0.2, 0.25) is 16.9 Å². The fourth-order valence-electron chi connectivity index (χ4n) is 2.75. The van der Waals surface area contributed by atoms with Gasteiger partial charge in [-0.15, -0.1) is 22.0 Å². The molecule has 9 heteroatoms. The highest BCUT2D eigenvalue weighted by atomic mass is 35.5. The highest BCUT2D eigenvalue weighted by molar-refractivity contribution is 8.00. The van der Waals surface area contributed by atoms with Crippen LogP contribution in [0.1, 0.15) is 20.3 Å². The minimum atomic E-state index is -0.656. The number of thioether (sulfide) groups is 1. The van der Waals surface area contributed by atoms with Crippen LogP contribution < -0.4 is 10.6 Å². The lowest BCUT2D eigenvalue weighted by Crippen LogP contribution is -2.48. The summed E-state index contributed by atoms with van der Waals surface area (Å²) >= 11 is 8.63. The lowest BCUT2D eigenvalue weighted by molar-refractivity contribution is -0.126. The van der Waals surface area contributed by atoms with Gasteiger partial charge in [-0.05, 0) is 30.2 Å². The summed E-state index contributed by atoms with van der Waals surface area (Å²) in [6, 6.07) is 16.3. The maximum absolute atomic E-state index is 12.9. The molecule has 2 amide bonds. The van der Waals surface area contributed by atoms with Crippen molar-refractivity contribution in [1.82, 2.24) is 15.5 Å². The van der Waals surface area contributed by atoms with Gasteiger partial charge in [0, 0.05) is 15.5 Å². The van der Waals surface area contributed by atoms with Crippen molar-refractivity contribution in [2.24, 2.45) is 5.92 Å². The standard InChI is InChI=1S/C22H23ClN4O2S2/c1-3-14(2)19(24-18(28)13-30-17-7-5-4-6-8-17)20(29)25-22-27-26-21(31-22)15-9-11-16(23)12-10-15/h4-12,14,19H,3,13H2,1-2H3,(H,24,28)(H,25,27,29). The topological polar surface area (TPSA) is 84.0 Å². The SMILES string of the molecule is CCC(C)C(NC(=O)CSc1ccccc1)C(=O)Nc1nnc(-c2ccc(Cl)cc2)s1. The fraction of sp³-hybridized carbons (Fsp3) is 0.273. The van der Waals surface area contributed by atoms with Crippen LogP contribution in [0, 0.1) is 5.92 Å². The summed E-state index contributed by atoms with van der Waals surface area (Å²) < 4.78 is 0. The molecule has 3 rings (SSSR count). The summed E-state index contributed by atoms with van der Waals surface area (Å²) in [6.07, 6.45) is 0.746. The molecule has 6 nitrogen and oxygen atoms in total. The molecule has 0 fully saturated rings. The molecule has 0 aliphatic carbocycles. The zero-order valence-electron chi connectivity index (χ0n) is 17.2. The number of nitrogens with one attached hydrogen (secondary N) is 2. The number of hydrogen-bond donors (Lipinski definition) is 2. The first-order valence-electron chi connectivity index (χ1n) is 9.83. The fourth-order valence-corrected chi connectivity index (χ4v) is 4.36. The zero-order valence-corrected chi connectivity index (χ0v) is 19.6. The van der Waals surface area contributed by atoms with Gasteiger partial charge in [0.15, 0.2) is 0 Å². The maximum atomic E-state index is 12.9. The third-order valence-electron chi connectivity index (χ3n) is 4.67. The molecule has 0 radical (unpaired) electrons. The van der Waals surface area contributed by atoms with Gasteiger partial charge in [-0.25, -0.2) is 0 Å². The predicted molar refractivity (Wildman–Crippen MR) is 128 cm³/mol. The summed E-state index contributed by atoms with van der Waals surface area (Å²) in [5.74, 6) is -0.280. The first kappa shape index (κ1) is 23.2. The number of aromatic nitrogens is 2. The first-order chi connectivity index (χ1) is 15.0. The molecule has 1 heterocycles. The van der Waals surface area contributed by atoms with E-state index in [-0.39, 0.29) is 23.5 Å². The van der Waals surface area contributed by atoms with Crippen LogP contribution >= 0.6 is 34.7 Å². The molecule has 31 heavy (non-hydrogen) atoms. The van der Waals surface area contributed by atoms with Gasteiger partial charge in [0.05, 0.1) is 5.75 Å². The molecule has 2 N–H and O–H groups in total. The van der Waals surface area contributed by atoms with Crippen LogP contribution in [0.5, 0.6) is 0 Å². The van der Waals surface area contributed by atoms with E-state index in [0.29, 0.717) is 15.2 Å². The molecule has 2 aromatic carbocycles. The molecule has 2 unspecified atom stereocenters. The Labute approximate surface area is 194 Å². The van der Waals surface area contributed by atoms with Gasteiger partial charge in [-0.1, -0.05) is 73.5 Å².